The van der Waals surface area contributed by atoms with E-state index in [1.165, 1.54) is 0 Å². The Morgan fingerprint density at radius 3 is 2.52 bits per heavy atom. The van der Waals surface area contributed by atoms with Gasteiger partial charge in [-0.3, -0.25) is 14.5 Å². The summed E-state index contributed by atoms with van der Waals surface area (Å²) in [6.07, 6.45) is 1.05. The van der Waals surface area contributed by atoms with Gasteiger partial charge in [0.2, 0.25) is 5.91 Å². The van der Waals surface area contributed by atoms with Crippen LogP contribution < -0.4 is 10.6 Å². The minimum absolute atomic E-state index is 0.261. The molecule has 1 aliphatic rings. The lowest BCUT2D eigenvalue weighted by atomic mass is 9.93. The number of hydrogen-bond acceptors (Lipinski definition) is 3. The Morgan fingerprint density at radius 2 is 1.83 bits per heavy atom. The Morgan fingerprint density at radius 1 is 1.14 bits per heavy atom. The lowest BCUT2D eigenvalue weighted by molar-refractivity contribution is -0.133. The monoisotopic (exact) mass is 433 g/mol. The van der Waals surface area contributed by atoms with Crippen LogP contribution in [0, 0.1) is 6.92 Å². The van der Waals surface area contributed by atoms with Crippen molar-refractivity contribution in [1.82, 2.24) is 10.2 Å². The largest absolute Gasteiger partial charge is 0.325 e. The summed E-state index contributed by atoms with van der Waals surface area (Å²) < 4.78 is 0. The van der Waals surface area contributed by atoms with Gasteiger partial charge in [0, 0.05) is 0 Å². The summed E-state index contributed by atoms with van der Waals surface area (Å²) in [6.45, 7) is 3.03. The number of nitrogens with one attached hydrogen (secondary N) is 2. The molecule has 152 valence electrons. The van der Waals surface area contributed by atoms with Gasteiger partial charge in [0.25, 0.3) is 5.91 Å². The Labute approximate surface area is 179 Å². The summed E-state index contributed by atoms with van der Waals surface area (Å²) in [6, 6.07) is 12.4. The second kappa shape index (κ2) is 8.43. The Bertz CT molecular complexity index is 965. The van der Waals surface area contributed by atoms with E-state index < -0.39 is 29.9 Å². The van der Waals surface area contributed by atoms with Crippen molar-refractivity contribution < 1.29 is 14.4 Å². The van der Waals surface area contributed by atoms with Crippen molar-refractivity contribution in [2.24, 2.45) is 0 Å². The van der Waals surface area contributed by atoms with Crippen LogP contribution in [-0.2, 0) is 16.0 Å². The second-order valence-corrected chi connectivity index (χ2v) is 8.03. The highest BCUT2D eigenvalue weighted by Crippen LogP contribution is 2.33. The topological polar surface area (TPSA) is 78.5 Å². The van der Waals surface area contributed by atoms with Gasteiger partial charge in [-0.05, 0) is 43.9 Å². The summed E-state index contributed by atoms with van der Waals surface area (Å²) in [7, 11) is 0. The van der Waals surface area contributed by atoms with E-state index in [0.29, 0.717) is 17.9 Å². The first kappa shape index (κ1) is 21.1. The molecule has 2 aromatic carbocycles. The molecular weight excluding hydrogens is 413 g/mol. The summed E-state index contributed by atoms with van der Waals surface area (Å²) in [5.74, 6) is -0.995. The minimum Gasteiger partial charge on any atom is -0.323 e. The molecule has 0 aromatic heterocycles. The summed E-state index contributed by atoms with van der Waals surface area (Å²) in [5.41, 5.74) is 1.01. The highest BCUT2D eigenvalue weighted by molar-refractivity contribution is 6.40. The zero-order valence-corrected chi connectivity index (χ0v) is 17.6. The van der Waals surface area contributed by atoms with Crippen LogP contribution >= 0.6 is 23.2 Å². The van der Waals surface area contributed by atoms with Crippen LogP contribution in [0.1, 0.15) is 24.5 Å². The fourth-order valence-corrected chi connectivity index (χ4v) is 3.66. The number of rotatable bonds is 6. The number of carbonyl (C=O) groups excluding carboxylic acids is 3. The van der Waals surface area contributed by atoms with Crippen LogP contribution in [0.2, 0.25) is 10.0 Å². The molecule has 4 amide bonds. The van der Waals surface area contributed by atoms with Gasteiger partial charge in [0.1, 0.15) is 12.1 Å². The van der Waals surface area contributed by atoms with Gasteiger partial charge in [-0.2, -0.15) is 0 Å². The number of amides is 4. The molecular formula is C21H21Cl2N3O3. The number of benzene rings is 2. The van der Waals surface area contributed by atoms with Crippen molar-refractivity contribution in [2.45, 2.75) is 32.2 Å². The van der Waals surface area contributed by atoms with E-state index in [1.807, 2.05) is 30.3 Å². The molecule has 1 fully saturated rings. The number of hydrogen-bond donors (Lipinski definition) is 2. The SMILES string of the molecule is Cc1ccc(Cl)c(NC(=O)CN2C(=O)N[C@@](C)(CCc3ccccc3)C2=O)c1Cl. The molecule has 1 aliphatic heterocycles. The van der Waals surface area contributed by atoms with Crippen molar-refractivity contribution in [3.05, 3.63) is 63.6 Å². The fraction of sp³-hybridized carbons (Fsp3) is 0.286. The Kier molecular flexibility index (Phi) is 6.15. The molecule has 0 spiro atoms. The highest BCUT2D eigenvalue weighted by atomic mass is 35.5. The number of aryl methyl sites for hydroxylation is 2. The average molecular weight is 434 g/mol. The molecule has 1 heterocycles. The molecule has 6 nitrogen and oxygen atoms in total. The molecule has 0 radical (unpaired) electrons. The Hall–Kier alpha value is -2.57. The van der Waals surface area contributed by atoms with E-state index in [1.54, 1.807) is 26.0 Å². The molecule has 0 aliphatic carbocycles. The van der Waals surface area contributed by atoms with Gasteiger partial charge >= 0.3 is 6.03 Å². The molecule has 1 saturated heterocycles. The minimum atomic E-state index is -1.06. The summed E-state index contributed by atoms with van der Waals surface area (Å²) >= 11 is 12.3. The van der Waals surface area contributed by atoms with E-state index in [9.17, 15) is 14.4 Å². The molecule has 2 N–H and O–H groups in total. The third-order valence-electron chi connectivity index (χ3n) is 4.95. The summed E-state index contributed by atoms with van der Waals surface area (Å²) in [4.78, 5) is 38.6. The molecule has 1 atom stereocenters. The number of imide groups is 1. The molecule has 0 unspecified atom stereocenters. The third kappa shape index (κ3) is 4.54. The third-order valence-corrected chi connectivity index (χ3v) is 5.75. The number of carbonyl (C=O) groups is 3. The fourth-order valence-electron chi connectivity index (χ4n) is 3.19. The lowest BCUT2D eigenvalue weighted by Crippen LogP contribution is -2.45. The van der Waals surface area contributed by atoms with Gasteiger partial charge in [-0.1, -0.05) is 59.6 Å². The van der Waals surface area contributed by atoms with E-state index in [-0.39, 0.29) is 10.7 Å². The van der Waals surface area contributed by atoms with Crippen LogP contribution in [0.5, 0.6) is 0 Å². The Balaban J connectivity index is 1.67. The standard InChI is InChI=1S/C21H21Cl2N3O3/c1-13-8-9-15(22)18(17(13)23)24-16(27)12-26-19(28)21(2,25-20(26)29)11-10-14-6-4-3-5-7-14/h3-9H,10-12H2,1-2H3,(H,24,27)(H,25,29)/t21-/m0/s1. The zero-order chi connectivity index (χ0) is 21.2. The smallest absolute Gasteiger partial charge is 0.323 e. The van der Waals surface area contributed by atoms with Gasteiger partial charge in [0.05, 0.1) is 15.7 Å². The number of nitrogens with zero attached hydrogens (tertiary/aromatic N) is 1. The summed E-state index contributed by atoms with van der Waals surface area (Å²) in [5, 5.41) is 5.89. The highest BCUT2D eigenvalue weighted by Gasteiger charge is 2.47. The average Bonchev–Trinajstić information content (AvgIpc) is 2.91. The van der Waals surface area contributed by atoms with Crippen molar-refractivity contribution >= 4 is 46.7 Å². The van der Waals surface area contributed by atoms with Gasteiger partial charge < -0.3 is 10.6 Å². The second-order valence-electron chi connectivity index (χ2n) is 7.24. The van der Waals surface area contributed by atoms with Gasteiger partial charge in [-0.15, -0.1) is 0 Å². The number of anilines is 1. The first-order valence-electron chi connectivity index (χ1n) is 9.14. The first-order valence-corrected chi connectivity index (χ1v) is 9.89. The van der Waals surface area contributed by atoms with E-state index in [0.717, 1.165) is 16.0 Å². The van der Waals surface area contributed by atoms with Crippen molar-refractivity contribution in [3.8, 4) is 0 Å². The van der Waals surface area contributed by atoms with Crippen molar-refractivity contribution in [3.63, 3.8) is 0 Å². The molecule has 29 heavy (non-hydrogen) atoms. The van der Waals surface area contributed by atoms with E-state index >= 15 is 0 Å². The molecule has 0 bridgehead atoms. The van der Waals surface area contributed by atoms with Crippen LogP contribution in [0.25, 0.3) is 0 Å². The van der Waals surface area contributed by atoms with Gasteiger partial charge in [-0.25, -0.2) is 4.79 Å². The predicted molar refractivity (Wildman–Crippen MR) is 113 cm³/mol. The first-order chi connectivity index (χ1) is 13.7. The van der Waals surface area contributed by atoms with Crippen LogP contribution in [0.15, 0.2) is 42.5 Å². The van der Waals surface area contributed by atoms with E-state index in [2.05, 4.69) is 10.6 Å². The maximum atomic E-state index is 12.8. The molecule has 0 saturated carbocycles. The zero-order valence-electron chi connectivity index (χ0n) is 16.1. The van der Waals surface area contributed by atoms with Crippen LogP contribution in [-0.4, -0.2) is 34.8 Å². The maximum Gasteiger partial charge on any atom is 0.325 e. The quantitative estimate of drug-likeness (QED) is 0.670. The van der Waals surface area contributed by atoms with E-state index in [4.69, 9.17) is 23.2 Å². The molecule has 8 heteroatoms. The van der Waals surface area contributed by atoms with Crippen LogP contribution in [0.4, 0.5) is 10.5 Å². The number of halogens is 2. The van der Waals surface area contributed by atoms with Crippen molar-refractivity contribution in [2.75, 3.05) is 11.9 Å². The maximum absolute atomic E-state index is 12.8. The molecule has 3 rings (SSSR count). The predicted octanol–water partition coefficient (Wildman–Crippen LogP) is 4.18. The molecule has 2 aromatic rings. The van der Waals surface area contributed by atoms with Gasteiger partial charge in [0.15, 0.2) is 0 Å². The van der Waals surface area contributed by atoms with Crippen molar-refractivity contribution in [1.29, 1.82) is 0 Å². The van der Waals surface area contributed by atoms with Crippen LogP contribution in [0.3, 0.4) is 0 Å². The normalized spacial score (nSPS) is 18.7. The lowest BCUT2D eigenvalue weighted by Gasteiger charge is -2.21. The number of urea groups is 1.